The topological polar surface area (TPSA) is 58.4 Å². The molecule has 0 N–H and O–H groups in total. The minimum absolute atomic E-state index is 0.123. The van der Waals surface area contributed by atoms with Crippen molar-refractivity contribution < 1.29 is 9.59 Å². The average molecular weight is 326 g/mol. The first kappa shape index (κ1) is 15.2. The van der Waals surface area contributed by atoms with Crippen molar-refractivity contribution in [3.05, 3.63) is 29.6 Å². The summed E-state index contributed by atoms with van der Waals surface area (Å²) in [5.41, 5.74) is 3.12. The van der Waals surface area contributed by atoms with E-state index in [9.17, 15) is 9.59 Å². The molecule has 2 amide bonds. The summed E-state index contributed by atoms with van der Waals surface area (Å²) in [7, 11) is 2.07. The van der Waals surface area contributed by atoms with E-state index in [2.05, 4.69) is 17.7 Å². The highest BCUT2D eigenvalue weighted by atomic mass is 16.2. The zero-order valence-corrected chi connectivity index (χ0v) is 13.9. The van der Waals surface area contributed by atoms with E-state index in [-0.39, 0.29) is 5.91 Å². The number of rotatable bonds is 4. The summed E-state index contributed by atoms with van der Waals surface area (Å²) < 4.78 is 2.18. The molecule has 126 valence electrons. The van der Waals surface area contributed by atoms with Crippen LogP contribution >= 0.6 is 0 Å². The maximum absolute atomic E-state index is 12.5. The molecule has 4 rings (SSSR count). The predicted molar refractivity (Wildman–Crippen MR) is 90.6 cm³/mol. The average Bonchev–Trinajstić information content (AvgIpc) is 3.39. The first-order valence-corrected chi connectivity index (χ1v) is 8.58. The molecule has 1 aliphatic carbocycles. The number of hydrogen-bond donors (Lipinski definition) is 0. The SMILES string of the molecule is Cn1c(C2CC2)nc2cc(CC(=O)N3CCN(C=O)CC3)ccc21. The number of benzene rings is 1. The van der Waals surface area contributed by atoms with E-state index < -0.39 is 0 Å². The van der Waals surface area contributed by atoms with Gasteiger partial charge in [0.05, 0.1) is 17.5 Å². The van der Waals surface area contributed by atoms with Crippen LogP contribution in [0.25, 0.3) is 11.0 Å². The lowest BCUT2D eigenvalue weighted by Crippen LogP contribution is -2.48. The second kappa shape index (κ2) is 5.92. The number of amides is 2. The van der Waals surface area contributed by atoms with Gasteiger partial charge in [-0.25, -0.2) is 4.98 Å². The van der Waals surface area contributed by atoms with Crippen molar-refractivity contribution in [1.82, 2.24) is 19.4 Å². The number of fused-ring (bicyclic) bond motifs is 1. The van der Waals surface area contributed by atoms with Gasteiger partial charge in [-0.15, -0.1) is 0 Å². The lowest BCUT2D eigenvalue weighted by molar-refractivity contribution is -0.134. The molecule has 0 unspecified atom stereocenters. The van der Waals surface area contributed by atoms with E-state index in [1.165, 1.54) is 18.7 Å². The van der Waals surface area contributed by atoms with Crippen LogP contribution in [0.4, 0.5) is 0 Å². The fourth-order valence-corrected chi connectivity index (χ4v) is 3.44. The highest BCUT2D eigenvalue weighted by molar-refractivity contribution is 5.82. The fourth-order valence-electron chi connectivity index (χ4n) is 3.44. The summed E-state index contributed by atoms with van der Waals surface area (Å²) in [5, 5.41) is 0. The summed E-state index contributed by atoms with van der Waals surface area (Å²) in [6.07, 6.45) is 3.71. The molecular formula is C18H22N4O2. The minimum atomic E-state index is 0.123. The van der Waals surface area contributed by atoms with E-state index in [1.54, 1.807) is 4.90 Å². The van der Waals surface area contributed by atoms with E-state index in [1.807, 2.05) is 17.0 Å². The van der Waals surface area contributed by atoms with Crippen molar-refractivity contribution in [1.29, 1.82) is 0 Å². The second-order valence-corrected chi connectivity index (χ2v) is 6.83. The van der Waals surface area contributed by atoms with Gasteiger partial charge in [-0.3, -0.25) is 9.59 Å². The van der Waals surface area contributed by atoms with E-state index >= 15 is 0 Å². The lowest BCUT2D eigenvalue weighted by atomic mass is 10.1. The van der Waals surface area contributed by atoms with Gasteiger partial charge in [0.1, 0.15) is 5.82 Å². The van der Waals surface area contributed by atoms with Gasteiger partial charge in [-0.2, -0.15) is 0 Å². The molecule has 1 aromatic heterocycles. The second-order valence-electron chi connectivity index (χ2n) is 6.83. The van der Waals surface area contributed by atoms with Gasteiger partial charge < -0.3 is 14.4 Å². The maximum atomic E-state index is 12.5. The zero-order chi connectivity index (χ0) is 16.7. The van der Waals surface area contributed by atoms with E-state index in [0.717, 1.165) is 23.0 Å². The number of hydrogen-bond acceptors (Lipinski definition) is 3. The molecule has 24 heavy (non-hydrogen) atoms. The van der Waals surface area contributed by atoms with Gasteiger partial charge in [-0.1, -0.05) is 6.07 Å². The smallest absolute Gasteiger partial charge is 0.227 e. The van der Waals surface area contributed by atoms with Crippen molar-refractivity contribution in [2.45, 2.75) is 25.2 Å². The fraction of sp³-hybridized carbons (Fsp3) is 0.500. The van der Waals surface area contributed by atoms with Gasteiger partial charge in [0.25, 0.3) is 0 Å². The Bertz CT molecular complexity index is 786. The van der Waals surface area contributed by atoms with Crippen LogP contribution in [0.15, 0.2) is 18.2 Å². The van der Waals surface area contributed by atoms with Gasteiger partial charge in [0.15, 0.2) is 0 Å². The third-order valence-electron chi connectivity index (χ3n) is 5.09. The summed E-state index contributed by atoms with van der Waals surface area (Å²) in [6.45, 7) is 2.49. The predicted octanol–water partition coefficient (Wildman–Crippen LogP) is 1.29. The third-order valence-corrected chi connectivity index (χ3v) is 5.09. The Kier molecular flexibility index (Phi) is 3.75. The number of imidazole rings is 1. The molecule has 2 aliphatic rings. The van der Waals surface area contributed by atoms with Crippen molar-refractivity contribution in [2.75, 3.05) is 26.2 Å². The minimum Gasteiger partial charge on any atom is -0.342 e. The number of carbonyl (C=O) groups is 2. The van der Waals surface area contributed by atoms with Crippen molar-refractivity contribution in [3.8, 4) is 0 Å². The van der Waals surface area contributed by atoms with Crippen LogP contribution in [0, 0.1) is 0 Å². The van der Waals surface area contributed by atoms with Crippen LogP contribution in [0.3, 0.4) is 0 Å². The van der Waals surface area contributed by atoms with Crippen LogP contribution < -0.4 is 0 Å². The highest BCUT2D eigenvalue weighted by Gasteiger charge is 2.28. The summed E-state index contributed by atoms with van der Waals surface area (Å²) in [4.78, 5) is 31.6. The maximum Gasteiger partial charge on any atom is 0.227 e. The highest BCUT2D eigenvalue weighted by Crippen LogP contribution is 2.40. The van der Waals surface area contributed by atoms with Gasteiger partial charge in [0.2, 0.25) is 12.3 Å². The van der Waals surface area contributed by atoms with Crippen molar-refractivity contribution >= 4 is 23.4 Å². The van der Waals surface area contributed by atoms with Crippen LogP contribution in [-0.4, -0.2) is 57.8 Å². The molecule has 6 nitrogen and oxygen atoms in total. The number of nitrogens with zero attached hydrogens (tertiary/aromatic N) is 4. The summed E-state index contributed by atoms with van der Waals surface area (Å²) >= 11 is 0. The molecule has 6 heteroatoms. The van der Waals surface area contributed by atoms with Crippen molar-refractivity contribution in [2.24, 2.45) is 7.05 Å². The lowest BCUT2D eigenvalue weighted by Gasteiger charge is -2.32. The monoisotopic (exact) mass is 326 g/mol. The zero-order valence-electron chi connectivity index (χ0n) is 13.9. The number of aromatic nitrogens is 2. The molecule has 2 heterocycles. The third kappa shape index (κ3) is 2.77. The Hall–Kier alpha value is -2.37. The summed E-state index contributed by atoms with van der Waals surface area (Å²) in [5.74, 6) is 1.90. The Morgan fingerprint density at radius 1 is 1.25 bits per heavy atom. The Morgan fingerprint density at radius 3 is 2.67 bits per heavy atom. The van der Waals surface area contributed by atoms with Gasteiger partial charge >= 0.3 is 0 Å². The number of piperazine rings is 1. The molecule has 1 aliphatic heterocycles. The standard InChI is InChI=1S/C18H22N4O2/c1-20-16-5-2-13(10-15(16)19-18(20)14-3-4-14)11-17(24)22-8-6-21(12-23)7-9-22/h2,5,10,12,14H,3-4,6-9,11H2,1H3. The largest absolute Gasteiger partial charge is 0.342 e. The Morgan fingerprint density at radius 2 is 2.00 bits per heavy atom. The molecule has 2 aromatic rings. The van der Waals surface area contributed by atoms with Gasteiger partial charge in [-0.05, 0) is 30.5 Å². The quantitative estimate of drug-likeness (QED) is 0.796. The van der Waals surface area contributed by atoms with E-state index in [0.29, 0.717) is 38.5 Å². The van der Waals surface area contributed by atoms with Gasteiger partial charge in [0, 0.05) is 39.1 Å². The molecule has 0 atom stereocenters. The van der Waals surface area contributed by atoms with Crippen LogP contribution in [0.2, 0.25) is 0 Å². The molecular weight excluding hydrogens is 304 g/mol. The molecule has 1 saturated heterocycles. The van der Waals surface area contributed by atoms with E-state index in [4.69, 9.17) is 4.98 Å². The summed E-state index contributed by atoms with van der Waals surface area (Å²) in [6, 6.07) is 6.14. The number of aryl methyl sites for hydroxylation is 1. The van der Waals surface area contributed by atoms with Crippen LogP contribution in [-0.2, 0) is 23.1 Å². The molecule has 0 bridgehead atoms. The van der Waals surface area contributed by atoms with Crippen LogP contribution in [0.5, 0.6) is 0 Å². The molecule has 0 radical (unpaired) electrons. The number of carbonyl (C=O) groups excluding carboxylic acids is 2. The van der Waals surface area contributed by atoms with Crippen LogP contribution in [0.1, 0.15) is 30.1 Å². The molecule has 0 spiro atoms. The Labute approximate surface area is 141 Å². The first-order valence-electron chi connectivity index (χ1n) is 8.58. The first-order chi connectivity index (χ1) is 11.7. The molecule has 2 fully saturated rings. The molecule has 1 aromatic carbocycles. The normalized spacial score (nSPS) is 18.2. The Balaban J connectivity index is 1.48. The van der Waals surface area contributed by atoms with Crippen molar-refractivity contribution in [3.63, 3.8) is 0 Å². The molecule has 1 saturated carbocycles.